The van der Waals surface area contributed by atoms with Crippen LogP contribution in [0.5, 0.6) is 0 Å². The summed E-state index contributed by atoms with van der Waals surface area (Å²) < 4.78 is 31.4. The highest BCUT2D eigenvalue weighted by molar-refractivity contribution is 7.87. The van der Waals surface area contributed by atoms with Gasteiger partial charge in [-0.1, -0.05) is 0 Å². The average Bonchev–Trinajstić information content (AvgIpc) is 2.54. The van der Waals surface area contributed by atoms with Gasteiger partial charge in [-0.15, -0.1) is 0 Å². The molecule has 0 radical (unpaired) electrons. The van der Waals surface area contributed by atoms with Gasteiger partial charge >= 0.3 is 0 Å². The number of hydrogen-bond acceptors (Lipinski definition) is 4. The van der Waals surface area contributed by atoms with Gasteiger partial charge in [-0.2, -0.15) is 13.5 Å². The Bertz CT molecular complexity index is 397. The lowest BCUT2D eigenvalue weighted by molar-refractivity contribution is 0.417. The van der Waals surface area contributed by atoms with Gasteiger partial charge in [0.05, 0.1) is 4.75 Å². The second kappa shape index (κ2) is 4.28. The SMILES string of the molecule is CC(C)(CCCn1cncn1)S(=O)(=O)O. The lowest BCUT2D eigenvalue weighted by Gasteiger charge is -2.20. The van der Waals surface area contributed by atoms with E-state index in [0.717, 1.165) is 0 Å². The van der Waals surface area contributed by atoms with Crippen molar-refractivity contribution in [2.75, 3.05) is 0 Å². The third-order valence-electron chi connectivity index (χ3n) is 2.33. The Morgan fingerprint density at radius 3 is 2.60 bits per heavy atom. The maximum atomic E-state index is 11.0. The van der Waals surface area contributed by atoms with Crippen LogP contribution < -0.4 is 0 Å². The van der Waals surface area contributed by atoms with Crippen molar-refractivity contribution < 1.29 is 13.0 Å². The zero-order valence-corrected chi connectivity index (χ0v) is 9.61. The molecule has 0 unspecified atom stereocenters. The molecule has 1 N–H and O–H groups in total. The molecule has 0 aliphatic rings. The van der Waals surface area contributed by atoms with Crippen molar-refractivity contribution in [2.45, 2.75) is 38.0 Å². The van der Waals surface area contributed by atoms with Crippen molar-refractivity contribution in [1.29, 1.82) is 0 Å². The van der Waals surface area contributed by atoms with E-state index in [-0.39, 0.29) is 0 Å². The lowest BCUT2D eigenvalue weighted by atomic mass is 10.1. The summed E-state index contributed by atoms with van der Waals surface area (Å²) in [5, 5.41) is 3.89. The van der Waals surface area contributed by atoms with E-state index in [0.29, 0.717) is 19.4 Å². The molecule has 0 aromatic carbocycles. The molecule has 0 spiro atoms. The molecule has 1 rings (SSSR count). The fourth-order valence-electron chi connectivity index (χ4n) is 1.14. The molecule has 0 saturated heterocycles. The largest absolute Gasteiger partial charge is 0.285 e. The summed E-state index contributed by atoms with van der Waals surface area (Å²) >= 11 is 0. The maximum Gasteiger partial charge on any atom is 0.270 e. The maximum absolute atomic E-state index is 11.0. The normalized spacial score (nSPS) is 13.0. The van der Waals surface area contributed by atoms with E-state index in [9.17, 15) is 8.42 Å². The third-order valence-corrected chi connectivity index (χ3v) is 3.93. The predicted octanol–water partition coefficient (Wildman–Crippen LogP) is 0.725. The van der Waals surface area contributed by atoms with Gasteiger partial charge in [0.1, 0.15) is 12.7 Å². The Labute approximate surface area is 89.1 Å². The van der Waals surface area contributed by atoms with Crippen molar-refractivity contribution in [3.8, 4) is 0 Å². The van der Waals surface area contributed by atoms with Crippen LogP contribution in [-0.2, 0) is 16.7 Å². The summed E-state index contributed by atoms with van der Waals surface area (Å²) in [5.74, 6) is 0. The highest BCUT2D eigenvalue weighted by Crippen LogP contribution is 2.21. The molecule has 0 fully saturated rings. The van der Waals surface area contributed by atoms with Gasteiger partial charge < -0.3 is 0 Å². The Hall–Kier alpha value is -0.950. The molecule has 0 bridgehead atoms. The van der Waals surface area contributed by atoms with E-state index in [2.05, 4.69) is 10.1 Å². The van der Waals surface area contributed by atoms with Crippen molar-refractivity contribution >= 4 is 10.1 Å². The average molecular weight is 233 g/mol. The first kappa shape index (κ1) is 12.1. The summed E-state index contributed by atoms with van der Waals surface area (Å²) in [4.78, 5) is 3.77. The molecule has 0 aliphatic carbocycles. The van der Waals surface area contributed by atoms with Gasteiger partial charge in [-0.25, -0.2) is 4.98 Å². The first-order valence-corrected chi connectivity index (χ1v) is 6.06. The van der Waals surface area contributed by atoms with Gasteiger partial charge in [-0.3, -0.25) is 9.23 Å². The van der Waals surface area contributed by atoms with Crippen LogP contribution >= 0.6 is 0 Å². The zero-order chi connectivity index (χ0) is 11.5. The molecule has 6 nitrogen and oxygen atoms in total. The van der Waals surface area contributed by atoms with Crippen LogP contribution in [0, 0.1) is 0 Å². The van der Waals surface area contributed by atoms with Crippen molar-refractivity contribution in [3.63, 3.8) is 0 Å². The minimum Gasteiger partial charge on any atom is -0.285 e. The monoisotopic (exact) mass is 233 g/mol. The molecular weight excluding hydrogens is 218 g/mol. The number of rotatable bonds is 5. The molecule has 1 aromatic heterocycles. The van der Waals surface area contributed by atoms with E-state index in [1.54, 1.807) is 11.0 Å². The first-order valence-electron chi connectivity index (χ1n) is 4.62. The lowest BCUT2D eigenvalue weighted by Crippen LogP contribution is -2.31. The topological polar surface area (TPSA) is 85.1 Å². The molecule has 86 valence electrons. The molecule has 0 atom stereocenters. The molecular formula is C8H15N3O3S. The van der Waals surface area contributed by atoms with Crippen LogP contribution in [0.25, 0.3) is 0 Å². The molecule has 7 heteroatoms. The van der Waals surface area contributed by atoms with Gasteiger partial charge in [0.2, 0.25) is 0 Å². The highest BCUT2D eigenvalue weighted by Gasteiger charge is 2.31. The first-order chi connectivity index (χ1) is 6.83. The van der Waals surface area contributed by atoms with Crippen molar-refractivity contribution in [3.05, 3.63) is 12.7 Å². The second-order valence-electron chi connectivity index (χ2n) is 4.00. The molecule has 0 amide bonds. The van der Waals surface area contributed by atoms with Gasteiger partial charge in [0, 0.05) is 6.54 Å². The van der Waals surface area contributed by atoms with E-state index in [1.165, 1.54) is 20.2 Å². The van der Waals surface area contributed by atoms with Crippen LogP contribution in [0.15, 0.2) is 12.7 Å². The summed E-state index contributed by atoms with van der Waals surface area (Å²) in [7, 11) is -3.99. The smallest absolute Gasteiger partial charge is 0.270 e. The molecule has 15 heavy (non-hydrogen) atoms. The van der Waals surface area contributed by atoms with Crippen molar-refractivity contribution in [2.24, 2.45) is 0 Å². The quantitative estimate of drug-likeness (QED) is 0.757. The molecule has 0 saturated carbocycles. The Balaban J connectivity index is 2.44. The summed E-state index contributed by atoms with van der Waals surface area (Å²) in [6.45, 7) is 3.60. The minimum absolute atomic E-state index is 0.381. The minimum atomic E-state index is -3.99. The van der Waals surface area contributed by atoms with E-state index in [4.69, 9.17) is 4.55 Å². The van der Waals surface area contributed by atoms with Gasteiger partial charge in [0.15, 0.2) is 0 Å². The fourth-order valence-corrected chi connectivity index (χ4v) is 1.55. The van der Waals surface area contributed by atoms with Crippen LogP contribution in [0.2, 0.25) is 0 Å². The van der Waals surface area contributed by atoms with Crippen LogP contribution in [0.3, 0.4) is 0 Å². The predicted molar refractivity (Wildman–Crippen MR) is 54.9 cm³/mol. The van der Waals surface area contributed by atoms with Crippen LogP contribution in [-0.4, -0.2) is 32.5 Å². The van der Waals surface area contributed by atoms with Gasteiger partial charge in [0.25, 0.3) is 10.1 Å². The Morgan fingerprint density at radius 1 is 1.47 bits per heavy atom. The highest BCUT2D eigenvalue weighted by atomic mass is 32.2. The number of hydrogen-bond donors (Lipinski definition) is 1. The zero-order valence-electron chi connectivity index (χ0n) is 8.79. The van der Waals surface area contributed by atoms with Crippen molar-refractivity contribution in [1.82, 2.24) is 14.8 Å². The molecule has 1 heterocycles. The van der Waals surface area contributed by atoms with E-state index in [1.807, 2.05) is 0 Å². The summed E-state index contributed by atoms with van der Waals surface area (Å²) in [5.41, 5.74) is 0. The summed E-state index contributed by atoms with van der Waals surface area (Å²) in [6.07, 6.45) is 4.00. The Morgan fingerprint density at radius 2 is 2.13 bits per heavy atom. The summed E-state index contributed by atoms with van der Waals surface area (Å²) in [6, 6.07) is 0. The van der Waals surface area contributed by atoms with Crippen LogP contribution in [0.4, 0.5) is 0 Å². The van der Waals surface area contributed by atoms with E-state index >= 15 is 0 Å². The van der Waals surface area contributed by atoms with Crippen LogP contribution in [0.1, 0.15) is 26.7 Å². The van der Waals surface area contributed by atoms with E-state index < -0.39 is 14.9 Å². The Kier molecular flexibility index (Phi) is 3.46. The molecule has 1 aromatic rings. The third kappa shape index (κ3) is 3.28. The standard InChI is InChI=1S/C8H15N3O3S/c1-8(2,15(12,13)14)4-3-5-11-7-9-6-10-11/h6-7H,3-5H2,1-2H3,(H,12,13,14). The number of aromatic nitrogens is 3. The van der Waals surface area contributed by atoms with Gasteiger partial charge in [-0.05, 0) is 26.7 Å². The second-order valence-corrected chi connectivity index (χ2v) is 6.05. The fraction of sp³-hybridized carbons (Fsp3) is 0.750. The number of aryl methyl sites for hydroxylation is 1. The number of nitrogens with zero attached hydrogens (tertiary/aromatic N) is 3. The molecule has 0 aliphatic heterocycles.